The second-order valence-corrected chi connectivity index (χ2v) is 5.66. The Kier molecular flexibility index (Phi) is 6.69. The molecule has 0 spiro atoms. The smallest absolute Gasteiger partial charge is 0.0725 e. The van der Waals surface area contributed by atoms with Gasteiger partial charge >= 0.3 is 0 Å². The van der Waals surface area contributed by atoms with Crippen molar-refractivity contribution in [2.75, 3.05) is 0 Å². The Morgan fingerprint density at radius 2 is 2.11 bits per heavy atom. The van der Waals surface area contributed by atoms with E-state index in [1.54, 1.807) is 0 Å². The molecule has 1 rings (SSSR count). The van der Waals surface area contributed by atoms with Crippen molar-refractivity contribution in [3.63, 3.8) is 0 Å². The Bertz CT molecular complexity index is 360. The molecule has 1 aromatic rings. The lowest BCUT2D eigenvalue weighted by Gasteiger charge is -2.06. The number of unbranched alkanes of at least 4 members (excludes halogenated alkanes) is 1. The molecular weight excluding hydrogens is 222 g/mol. The first-order valence-electron chi connectivity index (χ1n) is 7.10. The van der Waals surface area contributed by atoms with Crippen LogP contribution < -0.4 is 0 Å². The summed E-state index contributed by atoms with van der Waals surface area (Å²) in [6, 6.07) is 0. The molecule has 0 saturated heterocycles. The number of aryl methyl sites for hydroxylation is 2. The van der Waals surface area contributed by atoms with Crippen LogP contribution in [-0.2, 0) is 13.0 Å². The van der Waals surface area contributed by atoms with Crippen molar-refractivity contribution in [1.82, 2.24) is 15.0 Å². The van der Waals surface area contributed by atoms with Gasteiger partial charge in [0.05, 0.1) is 11.9 Å². The Hall–Kier alpha value is -1.12. The van der Waals surface area contributed by atoms with Crippen LogP contribution in [0.4, 0.5) is 0 Å². The summed E-state index contributed by atoms with van der Waals surface area (Å²) in [5.74, 6) is 0.784. The minimum atomic E-state index is 0.784. The highest BCUT2D eigenvalue weighted by molar-refractivity contribution is 4.95. The van der Waals surface area contributed by atoms with Gasteiger partial charge in [0.25, 0.3) is 0 Å². The number of hydrogen-bond acceptors (Lipinski definition) is 2. The summed E-state index contributed by atoms with van der Waals surface area (Å²) in [5.41, 5.74) is 2.68. The summed E-state index contributed by atoms with van der Waals surface area (Å²) in [7, 11) is 0. The van der Waals surface area contributed by atoms with Crippen LogP contribution in [0.1, 0.15) is 59.1 Å². The van der Waals surface area contributed by atoms with Crippen LogP contribution in [0, 0.1) is 5.92 Å². The molecule has 0 saturated carbocycles. The highest BCUT2D eigenvalue weighted by atomic mass is 15.4. The quantitative estimate of drug-likeness (QED) is 0.515. The molecule has 3 heteroatoms. The van der Waals surface area contributed by atoms with E-state index in [2.05, 4.69) is 48.8 Å². The average molecular weight is 249 g/mol. The first-order chi connectivity index (χ1) is 8.59. The van der Waals surface area contributed by atoms with Crippen LogP contribution in [0.2, 0.25) is 0 Å². The molecule has 0 bridgehead atoms. The molecule has 18 heavy (non-hydrogen) atoms. The fourth-order valence-corrected chi connectivity index (χ4v) is 1.98. The van der Waals surface area contributed by atoms with E-state index in [4.69, 9.17) is 0 Å². The fourth-order valence-electron chi connectivity index (χ4n) is 1.98. The van der Waals surface area contributed by atoms with Gasteiger partial charge in [-0.25, -0.2) is 4.68 Å². The summed E-state index contributed by atoms with van der Waals surface area (Å²) >= 11 is 0. The number of allylic oxidation sites excluding steroid dienone is 2. The lowest BCUT2D eigenvalue weighted by atomic mass is 10.1. The lowest BCUT2D eigenvalue weighted by Crippen LogP contribution is -2.05. The molecule has 0 radical (unpaired) electrons. The van der Waals surface area contributed by atoms with Crippen LogP contribution in [-0.4, -0.2) is 15.0 Å². The molecule has 102 valence electrons. The third-order valence-corrected chi connectivity index (χ3v) is 3.04. The first-order valence-corrected chi connectivity index (χ1v) is 7.10. The second kappa shape index (κ2) is 8.06. The molecule has 1 aromatic heterocycles. The molecule has 1 heterocycles. The molecule has 0 N–H and O–H groups in total. The monoisotopic (exact) mass is 249 g/mol. The zero-order valence-electron chi connectivity index (χ0n) is 12.3. The summed E-state index contributed by atoms with van der Waals surface area (Å²) in [5, 5.41) is 8.21. The van der Waals surface area contributed by atoms with Gasteiger partial charge < -0.3 is 0 Å². The molecule has 3 nitrogen and oxygen atoms in total. The molecule has 0 aliphatic heterocycles. The van der Waals surface area contributed by atoms with E-state index in [-0.39, 0.29) is 0 Å². The van der Waals surface area contributed by atoms with Crippen molar-refractivity contribution in [2.45, 2.75) is 66.3 Å². The minimum Gasteiger partial charge on any atom is -0.249 e. The standard InChI is InChI=1S/C15H27N3/c1-13(2)8-5-6-11-18-15(12-16-17-18)10-7-9-14(3)4/h8,12,14H,5-7,9-11H2,1-4H3. The maximum atomic E-state index is 4.18. The van der Waals surface area contributed by atoms with E-state index in [1.165, 1.54) is 24.1 Å². The van der Waals surface area contributed by atoms with E-state index in [9.17, 15) is 0 Å². The van der Waals surface area contributed by atoms with Crippen molar-refractivity contribution in [3.05, 3.63) is 23.5 Å². The third kappa shape index (κ3) is 5.99. The summed E-state index contributed by atoms with van der Waals surface area (Å²) < 4.78 is 2.07. The number of nitrogens with zero attached hydrogens (tertiary/aromatic N) is 3. The Morgan fingerprint density at radius 3 is 2.78 bits per heavy atom. The van der Waals surface area contributed by atoms with Crippen molar-refractivity contribution in [1.29, 1.82) is 0 Å². The summed E-state index contributed by atoms with van der Waals surface area (Å²) in [4.78, 5) is 0. The van der Waals surface area contributed by atoms with Crippen LogP contribution in [0.3, 0.4) is 0 Å². The van der Waals surface area contributed by atoms with Gasteiger partial charge in [-0.1, -0.05) is 37.1 Å². The largest absolute Gasteiger partial charge is 0.249 e. The Labute approximate surface area is 111 Å². The van der Waals surface area contributed by atoms with Crippen molar-refractivity contribution in [2.24, 2.45) is 5.92 Å². The molecule has 0 atom stereocenters. The molecular formula is C15H27N3. The number of aromatic nitrogens is 3. The molecule has 0 aromatic carbocycles. The second-order valence-electron chi connectivity index (χ2n) is 5.66. The van der Waals surface area contributed by atoms with E-state index in [0.29, 0.717) is 0 Å². The molecule has 0 unspecified atom stereocenters. The van der Waals surface area contributed by atoms with Crippen LogP contribution in [0.15, 0.2) is 17.8 Å². The van der Waals surface area contributed by atoms with Crippen LogP contribution in [0.5, 0.6) is 0 Å². The van der Waals surface area contributed by atoms with Crippen LogP contribution >= 0.6 is 0 Å². The van der Waals surface area contributed by atoms with Gasteiger partial charge in [-0.3, -0.25) is 0 Å². The van der Waals surface area contributed by atoms with Gasteiger partial charge in [-0.05, 0) is 45.4 Å². The van der Waals surface area contributed by atoms with Crippen molar-refractivity contribution in [3.8, 4) is 0 Å². The minimum absolute atomic E-state index is 0.784. The zero-order chi connectivity index (χ0) is 13.4. The van der Waals surface area contributed by atoms with Gasteiger partial charge in [0.1, 0.15) is 0 Å². The van der Waals surface area contributed by atoms with E-state index >= 15 is 0 Å². The molecule has 0 amide bonds. The van der Waals surface area contributed by atoms with Gasteiger partial charge in [-0.2, -0.15) is 0 Å². The Morgan fingerprint density at radius 1 is 1.33 bits per heavy atom. The van der Waals surface area contributed by atoms with E-state index in [1.807, 2.05) is 6.20 Å². The number of rotatable bonds is 8. The summed E-state index contributed by atoms with van der Waals surface area (Å²) in [6.45, 7) is 9.82. The predicted molar refractivity (Wildman–Crippen MR) is 76.5 cm³/mol. The van der Waals surface area contributed by atoms with Gasteiger partial charge in [0.15, 0.2) is 0 Å². The van der Waals surface area contributed by atoms with Gasteiger partial charge in [0.2, 0.25) is 0 Å². The maximum Gasteiger partial charge on any atom is 0.0725 e. The Balaban J connectivity index is 2.33. The first kappa shape index (κ1) is 14.9. The predicted octanol–water partition coefficient (Wildman–Crippen LogP) is 4.00. The molecule has 0 aliphatic rings. The van der Waals surface area contributed by atoms with E-state index in [0.717, 1.165) is 31.7 Å². The summed E-state index contributed by atoms with van der Waals surface area (Å²) in [6.07, 6.45) is 10.1. The third-order valence-electron chi connectivity index (χ3n) is 3.04. The van der Waals surface area contributed by atoms with Gasteiger partial charge in [-0.15, -0.1) is 5.10 Å². The van der Waals surface area contributed by atoms with Crippen molar-refractivity contribution < 1.29 is 0 Å². The molecule has 0 fully saturated rings. The van der Waals surface area contributed by atoms with Crippen molar-refractivity contribution >= 4 is 0 Å². The highest BCUT2D eigenvalue weighted by Crippen LogP contribution is 2.09. The van der Waals surface area contributed by atoms with Crippen LogP contribution in [0.25, 0.3) is 0 Å². The topological polar surface area (TPSA) is 30.7 Å². The van der Waals surface area contributed by atoms with Gasteiger partial charge in [0, 0.05) is 6.54 Å². The zero-order valence-corrected chi connectivity index (χ0v) is 12.3. The SMILES string of the molecule is CC(C)=CCCCn1nncc1CCCC(C)C. The number of hydrogen-bond donors (Lipinski definition) is 0. The lowest BCUT2D eigenvalue weighted by molar-refractivity contribution is 0.513. The normalized spacial score (nSPS) is 10.9. The fraction of sp³-hybridized carbons (Fsp3) is 0.733. The maximum absolute atomic E-state index is 4.18. The highest BCUT2D eigenvalue weighted by Gasteiger charge is 2.04. The molecule has 0 aliphatic carbocycles. The van der Waals surface area contributed by atoms with E-state index < -0.39 is 0 Å². The average Bonchev–Trinajstić information content (AvgIpc) is 2.71.